The lowest BCUT2D eigenvalue weighted by molar-refractivity contribution is 1.18. The van der Waals surface area contributed by atoms with E-state index in [2.05, 4.69) is 331 Å². The molecule has 13 aromatic carbocycles. The number of para-hydroxylation sites is 1. The summed E-state index contributed by atoms with van der Waals surface area (Å²) in [7, 11) is 0. The Balaban J connectivity index is 0.0000000873. The molecule has 0 N–H and O–H groups in total. The molecular weight excluding hydrogens is 1220 g/mol. The van der Waals surface area contributed by atoms with E-state index in [4.69, 9.17) is 9.97 Å². The molecule has 24 rings (SSSR count). The van der Waals surface area contributed by atoms with E-state index < -0.39 is 0 Å². The predicted molar refractivity (Wildman–Crippen MR) is 421 cm³/mol. The Hall–Kier alpha value is -13.6. The van der Waals surface area contributed by atoms with Crippen molar-refractivity contribution in [3.63, 3.8) is 0 Å². The highest BCUT2D eigenvalue weighted by Crippen LogP contribution is 2.42. The highest BCUT2D eigenvalue weighted by Gasteiger charge is 2.19. The molecule has 464 valence electrons. The molecule has 0 aliphatic heterocycles. The number of rotatable bonds is 0. The molecule has 11 heterocycles. The third-order valence-electron chi connectivity index (χ3n) is 20.7. The van der Waals surface area contributed by atoms with E-state index in [1.165, 1.54) is 162 Å². The summed E-state index contributed by atoms with van der Waals surface area (Å²) in [6.45, 7) is 0. The van der Waals surface area contributed by atoms with Gasteiger partial charge in [-0.05, 0) is 133 Å². The van der Waals surface area contributed by atoms with E-state index >= 15 is 0 Å². The SMILES string of the molecule is c1ccc2cc3c(cc2c1)c1ccccc1n1cc2ccccc2c31.c1ccc2cc3c(cc2c1)c1cccnc1n1cc2ccccc2c31.c1ccc2cc3c(cc2c1)c1ncccc1n1cc2ccccc2c31.c1ccc2cc3c(cc2c1)c1nccnc1n1cc2ccccc2c31. The summed E-state index contributed by atoms with van der Waals surface area (Å²) in [5.41, 5.74) is 11.3. The molecule has 100 heavy (non-hydrogen) atoms. The zero-order valence-electron chi connectivity index (χ0n) is 53.9. The molecule has 24 aromatic rings. The van der Waals surface area contributed by atoms with Gasteiger partial charge in [-0.15, -0.1) is 0 Å². The van der Waals surface area contributed by atoms with E-state index in [-0.39, 0.29) is 0 Å². The second kappa shape index (κ2) is 22.0. The topological polar surface area (TPSA) is 69.2 Å². The van der Waals surface area contributed by atoms with Gasteiger partial charge >= 0.3 is 0 Å². The first-order valence-corrected chi connectivity index (χ1v) is 34.0. The van der Waals surface area contributed by atoms with Gasteiger partial charge in [-0.25, -0.2) is 9.97 Å². The molecule has 11 aromatic heterocycles. The fraction of sp³-hybridized carbons (Fsp3) is 0. The average molecular weight is 1270 g/mol. The van der Waals surface area contributed by atoms with Crippen LogP contribution in [0.5, 0.6) is 0 Å². The maximum Gasteiger partial charge on any atom is 0.163 e. The van der Waals surface area contributed by atoms with Crippen molar-refractivity contribution in [1.29, 1.82) is 0 Å². The number of aromatic nitrogens is 8. The van der Waals surface area contributed by atoms with E-state index in [9.17, 15) is 0 Å². The molecular formula is C92H56N8. The first-order valence-electron chi connectivity index (χ1n) is 34.0. The van der Waals surface area contributed by atoms with Gasteiger partial charge in [0.2, 0.25) is 0 Å². The maximum absolute atomic E-state index is 4.72. The molecule has 0 saturated carbocycles. The summed E-state index contributed by atoms with van der Waals surface area (Å²) in [6, 6.07) is 104. The molecule has 0 amide bonds. The minimum Gasteiger partial charge on any atom is -0.315 e. The molecule has 8 heteroatoms. The van der Waals surface area contributed by atoms with Crippen molar-refractivity contribution in [1.82, 2.24) is 37.5 Å². The van der Waals surface area contributed by atoms with Gasteiger partial charge in [0.1, 0.15) is 11.2 Å². The molecule has 8 nitrogen and oxygen atoms in total. The van der Waals surface area contributed by atoms with Crippen LogP contribution >= 0.6 is 0 Å². The Labute approximate surface area is 570 Å². The molecule has 0 radical (unpaired) electrons. The molecule has 0 unspecified atom stereocenters. The second-order valence-corrected chi connectivity index (χ2v) is 26.2. The van der Waals surface area contributed by atoms with E-state index in [1.807, 2.05) is 24.5 Å². The van der Waals surface area contributed by atoms with Gasteiger partial charge < -0.3 is 8.80 Å². The third kappa shape index (κ3) is 8.54. The van der Waals surface area contributed by atoms with Crippen LogP contribution in [0, 0.1) is 0 Å². The van der Waals surface area contributed by atoms with Crippen molar-refractivity contribution in [2.45, 2.75) is 0 Å². The Bertz CT molecular complexity index is 6660. The van der Waals surface area contributed by atoms with Crippen molar-refractivity contribution < 1.29 is 0 Å². The molecule has 0 saturated heterocycles. The quantitative estimate of drug-likeness (QED) is 0.112. The zero-order valence-corrected chi connectivity index (χ0v) is 53.9. The molecule has 0 aliphatic carbocycles. The van der Waals surface area contributed by atoms with Crippen LogP contribution in [0.15, 0.2) is 341 Å². The number of pyridine rings is 6. The fourth-order valence-electron chi connectivity index (χ4n) is 16.2. The Morgan fingerprint density at radius 2 is 0.450 bits per heavy atom. The lowest BCUT2D eigenvalue weighted by Gasteiger charge is -2.11. The summed E-state index contributed by atoms with van der Waals surface area (Å²) in [6.07, 6.45) is 16.1. The normalized spacial score (nSPS) is 12.0. The monoisotopic (exact) mass is 1270 g/mol. The molecule has 0 aliphatic rings. The van der Waals surface area contributed by atoms with Gasteiger partial charge in [0.25, 0.3) is 0 Å². The highest BCUT2D eigenvalue weighted by atomic mass is 15.0. The Kier molecular flexibility index (Phi) is 12.2. The van der Waals surface area contributed by atoms with Gasteiger partial charge in [-0.3, -0.25) is 18.8 Å². The van der Waals surface area contributed by atoms with Crippen molar-refractivity contribution in [2.75, 3.05) is 0 Å². The summed E-state index contributed by atoms with van der Waals surface area (Å²) in [5, 5.41) is 32.7. The van der Waals surface area contributed by atoms with Crippen LogP contribution in [-0.2, 0) is 0 Å². The fourth-order valence-corrected chi connectivity index (χ4v) is 16.2. The molecule has 0 fully saturated rings. The van der Waals surface area contributed by atoms with Crippen molar-refractivity contribution in [3.05, 3.63) is 341 Å². The number of fused-ring (bicyclic) bond motifs is 36. The van der Waals surface area contributed by atoms with Crippen molar-refractivity contribution in [2.24, 2.45) is 0 Å². The van der Waals surface area contributed by atoms with Crippen LogP contribution in [0.2, 0.25) is 0 Å². The van der Waals surface area contributed by atoms with Gasteiger partial charge in [0, 0.05) is 136 Å². The van der Waals surface area contributed by atoms with Crippen LogP contribution in [0.4, 0.5) is 0 Å². The summed E-state index contributed by atoms with van der Waals surface area (Å²) < 4.78 is 9.09. The second-order valence-electron chi connectivity index (χ2n) is 26.2. The molecule has 0 spiro atoms. The first kappa shape index (κ1) is 55.7. The lowest BCUT2D eigenvalue weighted by atomic mass is 9.99. The van der Waals surface area contributed by atoms with Crippen LogP contribution in [0.25, 0.3) is 195 Å². The van der Waals surface area contributed by atoms with Gasteiger partial charge in [0.05, 0.1) is 38.6 Å². The van der Waals surface area contributed by atoms with Gasteiger partial charge in [0.15, 0.2) is 5.65 Å². The summed E-state index contributed by atoms with van der Waals surface area (Å²) in [4.78, 5) is 18.7. The molecule has 0 bridgehead atoms. The number of hydrogen-bond donors (Lipinski definition) is 0. The van der Waals surface area contributed by atoms with Gasteiger partial charge in [-0.1, -0.05) is 212 Å². The average Bonchev–Trinajstić information content (AvgIpc) is 1.57. The Morgan fingerprint density at radius 3 is 0.930 bits per heavy atom. The standard InChI is InChI=1S/C24H15N.2C23H14N2.C22H13N3/c1-2-8-17-14-22-21(13-16(17)7-1)20-11-5-6-12-23(20)25-15-18-9-3-4-10-19(18)24(22)25;1-2-7-16-13-20-19(12-15(16)6-1)22-21(10-5-11-24-22)25-14-17-8-3-4-9-18(17)23(20)25;1-2-7-16-13-21-20(12-15(16)6-1)19-10-5-11-24-23(19)25-14-17-8-3-4-9-18(17)22(21)25;1-2-6-15-12-19-18(11-14(15)5-1)20-22(24-10-9-23-20)25-13-16-7-3-4-8-17(16)21(19)25/h1-15H;2*1-14H;1-13H. The summed E-state index contributed by atoms with van der Waals surface area (Å²) >= 11 is 0. The molecule has 0 atom stereocenters. The Morgan fingerprint density at radius 1 is 0.170 bits per heavy atom. The number of hydrogen-bond acceptors (Lipinski definition) is 4. The first-order chi connectivity index (χ1) is 49.6. The zero-order chi connectivity index (χ0) is 65.5. The van der Waals surface area contributed by atoms with E-state index in [1.54, 1.807) is 12.4 Å². The van der Waals surface area contributed by atoms with Crippen LogP contribution in [0.1, 0.15) is 0 Å². The van der Waals surface area contributed by atoms with Crippen molar-refractivity contribution in [3.8, 4) is 0 Å². The van der Waals surface area contributed by atoms with Crippen LogP contribution in [0.3, 0.4) is 0 Å². The number of nitrogens with zero attached hydrogens (tertiary/aromatic N) is 8. The van der Waals surface area contributed by atoms with E-state index in [0.29, 0.717) is 0 Å². The van der Waals surface area contributed by atoms with E-state index in [0.717, 1.165) is 33.2 Å². The number of benzene rings is 13. The lowest BCUT2D eigenvalue weighted by Crippen LogP contribution is -1.94. The minimum atomic E-state index is 0.900. The largest absolute Gasteiger partial charge is 0.315 e. The minimum absolute atomic E-state index is 0.900. The van der Waals surface area contributed by atoms with Gasteiger partial charge in [-0.2, -0.15) is 0 Å². The third-order valence-corrected chi connectivity index (χ3v) is 20.7. The predicted octanol–water partition coefficient (Wildman–Crippen LogP) is 23.8. The van der Waals surface area contributed by atoms with Crippen LogP contribution in [-0.4, -0.2) is 37.5 Å². The van der Waals surface area contributed by atoms with Crippen LogP contribution < -0.4 is 0 Å². The smallest absolute Gasteiger partial charge is 0.163 e. The summed E-state index contributed by atoms with van der Waals surface area (Å²) in [5.74, 6) is 0. The maximum atomic E-state index is 4.72. The van der Waals surface area contributed by atoms with Crippen molar-refractivity contribution >= 4 is 195 Å². The highest BCUT2D eigenvalue weighted by molar-refractivity contribution is 6.26.